The SMILES string of the molecule is Cc1cc(C)c(C(=O)CC2(CN)CCC2)cc1C. The maximum absolute atomic E-state index is 12.4. The number of hydrogen-bond donors (Lipinski definition) is 1. The molecule has 2 N–H and O–H groups in total. The largest absolute Gasteiger partial charge is 0.330 e. The van der Waals surface area contributed by atoms with E-state index in [0.29, 0.717) is 13.0 Å². The van der Waals surface area contributed by atoms with Crippen LogP contribution < -0.4 is 5.73 Å². The van der Waals surface area contributed by atoms with Crippen LogP contribution in [0.2, 0.25) is 0 Å². The first-order valence-corrected chi connectivity index (χ1v) is 6.78. The standard InChI is InChI=1S/C16H23NO/c1-11-7-13(3)14(8-12(11)2)15(18)9-16(10-17)5-4-6-16/h7-8H,4-6,9-10,17H2,1-3H3. The van der Waals surface area contributed by atoms with Crippen LogP contribution in [0.1, 0.15) is 52.7 Å². The van der Waals surface area contributed by atoms with Crippen molar-refractivity contribution in [3.8, 4) is 0 Å². The number of hydrogen-bond acceptors (Lipinski definition) is 2. The van der Waals surface area contributed by atoms with E-state index < -0.39 is 0 Å². The highest BCUT2D eigenvalue weighted by atomic mass is 16.1. The fraction of sp³-hybridized carbons (Fsp3) is 0.562. The van der Waals surface area contributed by atoms with Gasteiger partial charge in [0.15, 0.2) is 5.78 Å². The summed E-state index contributed by atoms with van der Waals surface area (Å²) in [6.07, 6.45) is 4.06. The maximum atomic E-state index is 12.4. The molecule has 1 aliphatic carbocycles. The molecule has 1 fully saturated rings. The zero-order valence-electron chi connectivity index (χ0n) is 11.7. The van der Waals surface area contributed by atoms with Gasteiger partial charge >= 0.3 is 0 Å². The molecule has 0 atom stereocenters. The summed E-state index contributed by atoms with van der Waals surface area (Å²) in [6.45, 7) is 6.82. The van der Waals surface area contributed by atoms with Gasteiger partial charge in [0.05, 0.1) is 0 Å². The molecule has 0 unspecified atom stereocenters. The quantitative estimate of drug-likeness (QED) is 0.827. The van der Waals surface area contributed by atoms with Crippen molar-refractivity contribution in [1.29, 1.82) is 0 Å². The smallest absolute Gasteiger partial charge is 0.163 e. The molecule has 1 aromatic carbocycles. The lowest BCUT2D eigenvalue weighted by atomic mass is 9.65. The monoisotopic (exact) mass is 245 g/mol. The summed E-state index contributed by atoms with van der Waals surface area (Å²) in [5.74, 6) is 0.265. The summed E-state index contributed by atoms with van der Waals surface area (Å²) in [5.41, 5.74) is 10.4. The molecule has 0 aliphatic heterocycles. The highest BCUT2D eigenvalue weighted by molar-refractivity contribution is 5.98. The molecule has 1 aliphatic rings. The number of rotatable bonds is 4. The second-order valence-corrected chi connectivity index (χ2v) is 5.91. The molecule has 0 spiro atoms. The summed E-state index contributed by atoms with van der Waals surface area (Å²) >= 11 is 0. The summed E-state index contributed by atoms with van der Waals surface area (Å²) in [4.78, 5) is 12.4. The Kier molecular flexibility index (Phi) is 3.58. The van der Waals surface area contributed by atoms with Crippen molar-refractivity contribution in [2.24, 2.45) is 11.1 Å². The molecule has 1 aromatic rings. The van der Waals surface area contributed by atoms with E-state index in [2.05, 4.69) is 19.9 Å². The Bertz CT molecular complexity index is 467. The third kappa shape index (κ3) is 2.35. The Labute approximate surface area is 110 Å². The van der Waals surface area contributed by atoms with Crippen molar-refractivity contribution in [3.63, 3.8) is 0 Å². The number of benzene rings is 1. The minimum absolute atomic E-state index is 0.0995. The number of carbonyl (C=O) groups excluding carboxylic acids is 1. The van der Waals surface area contributed by atoms with Crippen molar-refractivity contribution < 1.29 is 4.79 Å². The summed E-state index contributed by atoms with van der Waals surface area (Å²) in [5, 5.41) is 0. The Morgan fingerprint density at radius 3 is 2.28 bits per heavy atom. The lowest BCUT2D eigenvalue weighted by Crippen LogP contribution is -2.39. The normalized spacial score (nSPS) is 17.3. The number of ketones is 1. The molecule has 2 nitrogen and oxygen atoms in total. The predicted octanol–water partition coefficient (Wildman–Crippen LogP) is 3.31. The van der Waals surface area contributed by atoms with Crippen molar-refractivity contribution >= 4 is 5.78 Å². The maximum Gasteiger partial charge on any atom is 0.163 e. The molecule has 18 heavy (non-hydrogen) atoms. The molecule has 2 heteroatoms. The second kappa shape index (κ2) is 4.85. The Hall–Kier alpha value is -1.15. The van der Waals surface area contributed by atoms with Gasteiger partial charge in [-0.3, -0.25) is 4.79 Å². The van der Waals surface area contributed by atoms with E-state index in [4.69, 9.17) is 5.73 Å². The van der Waals surface area contributed by atoms with Crippen LogP contribution in [0.3, 0.4) is 0 Å². The van der Waals surface area contributed by atoms with Crippen LogP contribution in [0.25, 0.3) is 0 Å². The number of Topliss-reactive ketones (excluding diaryl/α,β-unsaturated/α-hetero) is 1. The molecule has 0 saturated heterocycles. The number of nitrogens with two attached hydrogens (primary N) is 1. The van der Waals surface area contributed by atoms with Crippen LogP contribution in [0.5, 0.6) is 0 Å². The highest BCUT2D eigenvalue weighted by Gasteiger charge is 2.37. The fourth-order valence-corrected chi connectivity index (χ4v) is 2.83. The van der Waals surface area contributed by atoms with E-state index in [1.54, 1.807) is 0 Å². The zero-order valence-corrected chi connectivity index (χ0v) is 11.7. The Morgan fingerprint density at radius 1 is 1.17 bits per heavy atom. The summed E-state index contributed by atoms with van der Waals surface area (Å²) in [7, 11) is 0. The topological polar surface area (TPSA) is 43.1 Å². The summed E-state index contributed by atoms with van der Waals surface area (Å²) < 4.78 is 0. The van der Waals surface area contributed by atoms with Gasteiger partial charge in [-0.1, -0.05) is 12.5 Å². The van der Waals surface area contributed by atoms with Crippen molar-refractivity contribution in [1.82, 2.24) is 0 Å². The number of aryl methyl sites for hydroxylation is 3. The molecule has 0 aromatic heterocycles. The molecule has 2 rings (SSSR count). The van der Waals surface area contributed by atoms with Gasteiger partial charge in [-0.2, -0.15) is 0 Å². The third-order valence-electron chi connectivity index (χ3n) is 4.52. The van der Waals surface area contributed by atoms with Crippen LogP contribution in [-0.4, -0.2) is 12.3 Å². The van der Waals surface area contributed by atoms with Gasteiger partial charge in [0.2, 0.25) is 0 Å². The van der Waals surface area contributed by atoms with E-state index in [0.717, 1.165) is 24.0 Å². The van der Waals surface area contributed by atoms with Gasteiger partial charge in [-0.15, -0.1) is 0 Å². The minimum Gasteiger partial charge on any atom is -0.330 e. The Morgan fingerprint density at radius 2 is 1.78 bits per heavy atom. The molecule has 0 amide bonds. The third-order valence-corrected chi connectivity index (χ3v) is 4.52. The van der Waals surface area contributed by atoms with E-state index in [1.165, 1.54) is 17.5 Å². The lowest BCUT2D eigenvalue weighted by Gasteiger charge is -2.40. The van der Waals surface area contributed by atoms with Crippen LogP contribution in [-0.2, 0) is 0 Å². The fourth-order valence-electron chi connectivity index (χ4n) is 2.83. The van der Waals surface area contributed by atoms with Gasteiger partial charge in [-0.25, -0.2) is 0 Å². The minimum atomic E-state index is 0.0995. The summed E-state index contributed by atoms with van der Waals surface area (Å²) in [6, 6.07) is 4.15. The van der Waals surface area contributed by atoms with Gasteiger partial charge in [0, 0.05) is 12.0 Å². The first-order valence-electron chi connectivity index (χ1n) is 6.78. The molecule has 0 radical (unpaired) electrons. The van der Waals surface area contributed by atoms with Crippen LogP contribution in [0.4, 0.5) is 0 Å². The molecular formula is C16H23NO. The predicted molar refractivity (Wildman–Crippen MR) is 74.9 cm³/mol. The average Bonchev–Trinajstić information content (AvgIpc) is 2.28. The van der Waals surface area contributed by atoms with E-state index in [-0.39, 0.29) is 11.2 Å². The van der Waals surface area contributed by atoms with Gasteiger partial charge in [0.1, 0.15) is 0 Å². The number of carbonyl (C=O) groups is 1. The Balaban J connectivity index is 2.21. The molecule has 0 heterocycles. The van der Waals surface area contributed by atoms with Gasteiger partial charge < -0.3 is 5.73 Å². The average molecular weight is 245 g/mol. The van der Waals surface area contributed by atoms with Gasteiger partial charge in [0.25, 0.3) is 0 Å². The second-order valence-electron chi connectivity index (χ2n) is 5.91. The van der Waals surface area contributed by atoms with E-state index in [1.807, 2.05) is 13.0 Å². The first kappa shape index (κ1) is 13.3. The first-order chi connectivity index (χ1) is 8.47. The molecule has 98 valence electrons. The van der Waals surface area contributed by atoms with Crippen LogP contribution in [0.15, 0.2) is 12.1 Å². The molecular weight excluding hydrogens is 222 g/mol. The lowest BCUT2D eigenvalue weighted by molar-refractivity contribution is 0.0785. The van der Waals surface area contributed by atoms with Crippen LogP contribution >= 0.6 is 0 Å². The molecule has 0 bridgehead atoms. The van der Waals surface area contributed by atoms with E-state index >= 15 is 0 Å². The van der Waals surface area contributed by atoms with Crippen molar-refractivity contribution in [2.75, 3.05) is 6.54 Å². The zero-order chi connectivity index (χ0) is 13.3. The highest BCUT2D eigenvalue weighted by Crippen LogP contribution is 2.43. The van der Waals surface area contributed by atoms with Gasteiger partial charge in [-0.05, 0) is 68.3 Å². The van der Waals surface area contributed by atoms with Crippen molar-refractivity contribution in [3.05, 3.63) is 34.4 Å². The van der Waals surface area contributed by atoms with Crippen molar-refractivity contribution in [2.45, 2.75) is 46.5 Å². The van der Waals surface area contributed by atoms with E-state index in [9.17, 15) is 4.79 Å². The molecule has 1 saturated carbocycles. The van der Waals surface area contributed by atoms with Crippen LogP contribution in [0, 0.1) is 26.2 Å².